The number of carbonyl (C=O) groups is 2. The average molecular weight is 261 g/mol. The van der Waals surface area contributed by atoms with Gasteiger partial charge < -0.3 is 11.1 Å². The molecule has 1 saturated heterocycles. The molecule has 5 heteroatoms. The maximum atomic E-state index is 12.4. The van der Waals surface area contributed by atoms with Crippen LogP contribution in [-0.4, -0.2) is 22.4 Å². The summed E-state index contributed by atoms with van der Waals surface area (Å²) in [6.07, 6.45) is 0. The molecule has 0 saturated carbocycles. The number of amides is 3. The van der Waals surface area contributed by atoms with Crippen LogP contribution in [0.1, 0.15) is 26.3 Å². The first kappa shape index (κ1) is 13.4. The minimum absolute atomic E-state index is 0.0420. The fourth-order valence-electron chi connectivity index (χ4n) is 2.06. The van der Waals surface area contributed by atoms with Crippen LogP contribution in [0.5, 0.6) is 0 Å². The summed E-state index contributed by atoms with van der Waals surface area (Å²) in [5, 5.41) is 2.77. The Labute approximate surface area is 112 Å². The van der Waals surface area contributed by atoms with E-state index in [0.29, 0.717) is 5.69 Å². The van der Waals surface area contributed by atoms with Crippen LogP contribution in [0.2, 0.25) is 0 Å². The van der Waals surface area contributed by atoms with Gasteiger partial charge in [0.1, 0.15) is 5.54 Å². The van der Waals surface area contributed by atoms with Gasteiger partial charge >= 0.3 is 6.03 Å². The number of rotatable bonds is 3. The quantitative estimate of drug-likeness (QED) is 0.642. The molecule has 3 amide bonds. The van der Waals surface area contributed by atoms with Gasteiger partial charge in [0.25, 0.3) is 5.91 Å². The van der Waals surface area contributed by atoms with Crippen molar-refractivity contribution in [3.8, 4) is 0 Å². The minimum atomic E-state index is -0.815. The Morgan fingerprint density at radius 1 is 1.26 bits per heavy atom. The molecule has 0 aliphatic carbocycles. The summed E-state index contributed by atoms with van der Waals surface area (Å²) < 4.78 is 0. The van der Waals surface area contributed by atoms with Crippen molar-refractivity contribution in [3.05, 3.63) is 29.8 Å². The van der Waals surface area contributed by atoms with Crippen LogP contribution in [0.4, 0.5) is 10.5 Å². The molecule has 0 spiro atoms. The van der Waals surface area contributed by atoms with E-state index in [0.717, 1.165) is 5.56 Å². The minimum Gasteiger partial charge on any atom is -0.399 e. The zero-order valence-corrected chi connectivity index (χ0v) is 11.4. The van der Waals surface area contributed by atoms with Gasteiger partial charge in [0.2, 0.25) is 0 Å². The number of nitrogen functional groups attached to an aromatic ring is 1. The fourth-order valence-corrected chi connectivity index (χ4v) is 2.06. The fraction of sp³-hybridized carbons (Fsp3) is 0.429. The lowest BCUT2D eigenvalue weighted by atomic mass is 9.88. The van der Waals surface area contributed by atoms with Crippen molar-refractivity contribution in [1.29, 1.82) is 0 Å². The summed E-state index contributed by atoms with van der Waals surface area (Å²) in [5.74, 6) is -0.135. The van der Waals surface area contributed by atoms with Crippen LogP contribution in [0, 0.1) is 5.92 Å². The Balaban J connectivity index is 2.20. The highest BCUT2D eigenvalue weighted by atomic mass is 16.2. The number of carbonyl (C=O) groups excluding carboxylic acids is 2. The van der Waals surface area contributed by atoms with Crippen LogP contribution in [0.25, 0.3) is 0 Å². The molecule has 0 aromatic heterocycles. The molecule has 19 heavy (non-hydrogen) atoms. The van der Waals surface area contributed by atoms with E-state index >= 15 is 0 Å². The summed E-state index contributed by atoms with van der Waals surface area (Å²) in [6, 6.07) is 6.82. The number of nitrogens with one attached hydrogen (secondary N) is 1. The summed E-state index contributed by atoms with van der Waals surface area (Å²) >= 11 is 0. The lowest BCUT2D eigenvalue weighted by molar-refractivity contribution is -0.132. The normalized spacial score (nSPS) is 23.1. The molecule has 1 heterocycles. The predicted molar refractivity (Wildman–Crippen MR) is 73.2 cm³/mol. The zero-order chi connectivity index (χ0) is 14.2. The number of urea groups is 1. The maximum Gasteiger partial charge on any atom is 0.325 e. The summed E-state index contributed by atoms with van der Waals surface area (Å²) in [7, 11) is 0. The molecule has 1 aromatic carbocycles. The third kappa shape index (κ3) is 2.28. The summed E-state index contributed by atoms with van der Waals surface area (Å²) in [6.45, 7) is 5.88. The van der Waals surface area contributed by atoms with Crippen molar-refractivity contribution >= 4 is 17.6 Å². The molecule has 0 bridgehead atoms. The number of benzene rings is 1. The zero-order valence-electron chi connectivity index (χ0n) is 11.4. The first-order chi connectivity index (χ1) is 8.84. The number of nitrogens with zero attached hydrogens (tertiary/aromatic N) is 1. The smallest absolute Gasteiger partial charge is 0.325 e. The van der Waals surface area contributed by atoms with Crippen LogP contribution < -0.4 is 11.1 Å². The van der Waals surface area contributed by atoms with Crippen molar-refractivity contribution in [2.45, 2.75) is 32.9 Å². The highest BCUT2D eigenvalue weighted by molar-refractivity contribution is 6.06. The van der Waals surface area contributed by atoms with E-state index in [4.69, 9.17) is 5.73 Å². The lowest BCUT2D eigenvalue weighted by Gasteiger charge is -2.25. The first-order valence-electron chi connectivity index (χ1n) is 6.33. The van der Waals surface area contributed by atoms with Crippen LogP contribution in [-0.2, 0) is 11.3 Å². The third-order valence-electron chi connectivity index (χ3n) is 3.78. The van der Waals surface area contributed by atoms with Crippen molar-refractivity contribution in [1.82, 2.24) is 10.2 Å². The molecule has 1 unspecified atom stereocenters. The highest BCUT2D eigenvalue weighted by Gasteiger charge is 2.49. The van der Waals surface area contributed by atoms with Gasteiger partial charge in [0, 0.05) is 5.69 Å². The maximum absolute atomic E-state index is 12.4. The Morgan fingerprint density at radius 3 is 2.32 bits per heavy atom. The van der Waals surface area contributed by atoms with Gasteiger partial charge in [-0.3, -0.25) is 9.69 Å². The van der Waals surface area contributed by atoms with Crippen LogP contribution in [0.3, 0.4) is 0 Å². The SMILES string of the molecule is CC(C)C1(C)NC(=O)N(Cc2ccc(N)cc2)C1=O. The van der Waals surface area contributed by atoms with E-state index in [2.05, 4.69) is 5.32 Å². The second-order valence-electron chi connectivity index (χ2n) is 5.42. The average Bonchev–Trinajstić information content (AvgIpc) is 2.57. The van der Waals surface area contributed by atoms with Crippen molar-refractivity contribution in [2.24, 2.45) is 5.92 Å². The molecule has 1 fully saturated rings. The Hall–Kier alpha value is -2.04. The molecule has 1 aliphatic heterocycles. The molecule has 0 radical (unpaired) electrons. The predicted octanol–water partition coefficient (Wildman–Crippen LogP) is 1.74. The molecule has 5 nitrogen and oxygen atoms in total. The van der Waals surface area contributed by atoms with Crippen molar-refractivity contribution < 1.29 is 9.59 Å². The van der Waals surface area contributed by atoms with Crippen LogP contribution >= 0.6 is 0 Å². The van der Waals surface area contributed by atoms with E-state index in [1.54, 1.807) is 19.1 Å². The topological polar surface area (TPSA) is 75.4 Å². The largest absolute Gasteiger partial charge is 0.399 e. The molecule has 1 aliphatic rings. The van der Waals surface area contributed by atoms with Gasteiger partial charge in [-0.25, -0.2) is 4.79 Å². The van der Waals surface area contributed by atoms with E-state index in [9.17, 15) is 9.59 Å². The van der Waals surface area contributed by atoms with E-state index in [1.165, 1.54) is 4.90 Å². The van der Waals surface area contributed by atoms with Gasteiger partial charge in [-0.15, -0.1) is 0 Å². The number of nitrogens with two attached hydrogens (primary N) is 1. The highest BCUT2D eigenvalue weighted by Crippen LogP contribution is 2.26. The lowest BCUT2D eigenvalue weighted by Crippen LogP contribution is -2.48. The molecule has 3 N–H and O–H groups in total. The Bertz CT molecular complexity index is 510. The van der Waals surface area contributed by atoms with Gasteiger partial charge in [0.15, 0.2) is 0 Å². The third-order valence-corrected chi connectivity index (χ3v) is 3.78. The molecule has 2 rings (SSSR count). The van der Waals surface area contributed by atoms with Crippen molar-refractivity contribution in [2.75, 3.05) is 5.73 Å². The molecular weight excluding hydrogens is 242 g/mol. The molecule has 102 valence electrons. The first-order valence-corrected chi connectivity index (χ1v) is 6.33. The second-order valence-corrected chi connectivity index (χ2v) is 5.42. The van der Waals surface area contributed by atoms with Gasteiger partial charge in [-0.1, -0.05) is 26.0 Å². The molecular formula is C14H19N3O2. The monoisotopic (exact) mass is 261 g/mol. The van der Waals surface area contributed by atoms with E-state index < -0.39 is 5.54 Å². The number of hydrogen-bond acceptors (Lipinski definition) is 3. The van der Waals surface area contributed by atoms with Crippen LogP contribution in [0.15, 0.2) is 24.3 Å². The van der Waals surface area contributed by atoms with Gasteiger partial charge in [-0.2, -0.15) is 0 Å². The number of hydrogen-bond donors (Lipinski definition) is 2. The molecule has 1 aromatic rings. The van der Waals surface area contributed by atoms with E-state index in [-0.39, 0.29) is 24.4 Å². The van der Waals surface area contributed by atoms with Crippen molar-refractivity contribution in [3.63, 3.8) is 0 Å². The number of imide groups is 1. The van der Waals surface area contributed by atoms with E-state index in [1.807, 2.05) is 26.0 Å². The second kappa shape index (κ2) is 4.57. The standard InChI is InChI=1S/C14H19N3O2/c1-9(2)14(3)12(18)17(13(19)16-14)8-10-4-6-11(15)7-5-10/h4-7,9H,8,15H2,1-3H3,(H,16,19). The van der Waals surface area contributed by atoms with Gasteiger partial charge in [0.05, 0.1) is 6.54 Å². The Kier molecular flexibility index (Phi) is 3.22. The number of anilines is 1. The summed E-state index contributed by atoms with van der Waals surface area (Å²) in [5.41, 5.74) is 6.34. The molecule has 1 atom stereocenters. The summed E-state index contributed by atoms with van der Waals surface area (Å²) in [4.78, 5) is 25.6. The Morgan fingerprint density at radius 2 is 1.84 bits per heavy atom. The van der Waals surface area contributed by atoms with Gasteiger partial charge in [-0.05, 0) is 30.5 Å².